The molecule has 0 aromatic heterocycles. The van der Waals surface area contributed by atoms with E-state index in [1.807, 2.05) is 0 Å². The van der Waals surface area contributed by atoms with Gasteiger partial charge in [-0.25, -0.2) is 8.42 Å². The summed E-state index contributed by atoms with van der Waals surface area (Å²) in [6.07, 6.45) is 32.1. The Morgan fingerprint density at radius 1 is 0.480 bits per heavy atom. The average molecular weight is 1340 g/mol. The summed E-state index contributed by atoms with van der Waals surface area (Å²) in [4.78, 5) is 2.59. The fourth-order valence-electron chi connectivity index (χ4n) is 22.5. The summed E-state index contributed by atoms with van der Waals surface area (Å²) in [5.41, 5.74) is 26.2. The van der Waals surface area contributed by atoms with E-state index >= 15 is 0 Å². The van der Waals surface area contributed by atoms with Crippen molar-refractivity contribution in [3.05, 3.63) is 184 Å². The van der Waals surface area contributed by atoms with Crippen molar-refractivity contribution in [2.75, 3.05) is 23.7 Å². The normalized spacial score (nSPS) is 21.4. The van der Waals surface area contributed by atoms with Gasteiger partial charge in [0.25, 0.3) is 0 Å². The minimum Gasteiger partial charge on any atom is -0.748 e. The number of fused-ring (bicyclic) bond motifs is 10. The first-order valence-corrected chi connectivity index (χ1v) is 39.7. The molecule has 2 heterocycles. The molecule has 0 saturated heterocycles. The maximum atomic E-state index is 12.0. The molecule has 0 atom stereocenters. The van der Waals surface area contributed by atoms with Gasteiger partial charge in [0.2, 0.25) is 5.69 Å². The first-order valence-electron chi connectivity index (χ1n) is 38.2. The Hall–Kier alpha value is -4.82. The minimum absolute atomic E-state index is 0. The van der Waals surface area contributed by atoms with Gasteiger partial charge >= 0.3 is 29.6 Å². The molecule has 2 aliphatic heterocycles. The molecule has 0 radical (unpaired) electrons. The van der Waals surface area contributed by atoms with Crippen molar-refractivity contribution in [3.8, 4) is 22.3 Å². The number of hydrogen-bond acceptors (Lipinski definition) is 4. The van der Waals surface area contributed by atoms with E-state index in [4.69, 9.17) is 0 Å². The molecule has 6 aromatic rings. The van der Waals surface area contributed by atoms with Gasteiger partial charge in [-0.1, -0.05) is 216 Å². The molecule has 12 rings (SSSR count). The van der Waals surface area contributed by atoms with Crippen LogP contribution in [0.4, 0.5) is 11.4 Å². The molecule has 0 fully saturated rings. The Balaban J connectivity index is 0.00000972. The third-order valence-corrected chi connectivity index (χ3v) is 27.9. The summed E-state index contributed by atoms with van der Waals surface area (Å²) in [7, 11) is -4.34. The second kappa shape index (κ2) is 26.2. The summed E-state index contributed by atoms with van der Waals surface area (Å²) >= 11 is 0. The van der Waals surface area contributed by atoms with E-state index in [0.29, 0.717) is 19.4 Å². The van der Waals surface area contributed by atoms with Crippen LogP contribution in [0, 0.1) is 6.92 Å². The Morgan fingerprint density at radius 3 is 1.31 bits per heavy atom. The first-order chi connectivity index (χ1) is 45.7. The Morgan fingerprint density at radius 2 is 0.888 bits per heavy atom. The van der Waals surface area contributed by atoms with E-state index < -0.39 is 15.5 Å². The van der Waals surface area contributed by atoms with Crippen molar-refractivity contribution >= 4 is 48.7 Å². The van der Waals surface area contributed by atoms with Gasteiger partial charge in [-0.05, 0) is 253 Å². The second-order valence-electron chi connectivity index (χ2n) is 34.9. The summed E-state index contributed by atoms with van der Waals surface area (Å²) < 4.78 is 38.3. The smallest absolute Gasteiger partial charge is 0.748 e. The Labute approximate surface area is 616 Å². The number of nitrogens with zero attached hydrogens (tertiary/aromatic N) is 2. The van der Waals surface area contributed by atoms with Gasteiger partial charge in [-0.3, -0.25) is 0 Å². The minimum atomic E-state index is -4.34. The molecule has 98 heavy (non-hydrogen) atoms. The summed E-state index contributed by atoms with van der Waals surface area (Å²) in [5, 5.41) is 5.29. The second-order valence-corrected chi connectivity index (χ2v) is 36.4. The van der Waals surface area contributed by atoms with Crippen LogP contribution in [0.2, 0.25) is 0 Å². The van der Waals surface area contributed by atoms with Crippen LogP contribution in [-0.4, -0.2) is 42.1 Å². The summed E-state index contributed by atoms with van der Waals surface area (Å²) in [6, 6.07) is 29.6. The topological polar surface area (TPSA) is 63.5 Å². The van der Waals surface area contributed by atoms with E-state index in [9.17, 15) is 13.0 Å². The standard InChI is InChI=1S/C91H120N2O3S.Na/c1-22-31-51-92-70-49-47-60-62(74-78-66(88(23-2,24-3)56-82(78,10)11)54-67-79(74)83(12,13)57-89(67,25-4)26-5)41-39-43-64(60)76(70)86(18,19)72(92)45-35-33-32-34-36-46-73-87(20,21)77-65-44-40-42-63(61(65)48-50-71(77)93(73)52-37-38-53-97(94,95)96)75-80-68(90(27-6,28-7)58-84(80,14)15)55-69-81(75)85(16,17)59-91(69,29-8)30-9;/h32-36,39-50,54-55H,1,22-31,37-38,51-53,56-59H2,2-21H3,(H,94,95,96);/q;+1/p-1. The van der Waals surface area contributed by atoms with Crippen molar-refractivity contribution in [2.24, 2.45) is 0 Å². The predicted octanol–water partition coefficient (Wildman–Crippen LogP) is 21.0. The summed E-state index contributed by atoms with van der Waals surface area (Å²) in [6.45, 7) is 55.2. The molecule has 6 aliphatic rings. The zero-order chi connectivity index (χ0) is 70.2. The van der Waals surface area contributed by atoms with Gasteiger partial charge in [-0.2, -0.15) is 11.0 Å². The number of hydrogen-bond donors (Lipinski definition) is 0. The molecule has 0 saturated carbocycles. The molecular formula is C91H119N2NaO3S. The predicted molar refractivity (Wildman–Crippen MR) is 415 cm³/mol. The number of unbranched alkanes of at least 4 members (excludes halogenated alkanes) is 2. The average Bonchev–Trinajstić information content (AvgIpc) is 1.51. The van der Waals surface area contributed by atoms with Gasteiger partial charge in [0, 0.05) is 53.2 Å². The zero-order valence-electron chi connectivity index (χ0n) is 64.6. The molecule has 0 N–H and O–H groups in total. The van der Waals surface area contributed by atoms with Crippen LogP contribution >= 0.6 is 0 Å². The zero-order valence-corrected chi connectivity index (χ0v) is 67.5. The number of benzene rings is 6. The van der Waals surface area contributed by atoms with Crippen LogP contribution in [0.25, 0.3) is 43.8 Å². The van der Waals surface area contributed by atoms with Crippen LogP contribution in [-0.2, 0) is 64.3 Å². The van der Waals surface area contributed by atoms with Crippen molar-refractivity contribution in [2.45, 2.75) is 295 Å². The van der Waals surface area contributed by atoms with Crippen LogP contribution < -0.4 is 34.5 Å². The first kappa shape index (κ1) is 74.4. The van der Waals surface area contributed by atoms with E-state index in [1.54, 1.807) is 50.1 Å². The Bertz CT molecular complexity index is 4310. The van der Waals surface area contributed by atoms with Gasteiger partial charge in [-0.15, -0.1) is 0 Å². The molecule has 0 bridgehead atoms. The number of anilines is 1. The molecule has 6 aromatic carbocycles. The van der Waals surface area contributed by atoms with Crippen LogP contribution in [0.15, 0.2) is 121 Å². The Kier molecular flexibility index (Phi) is 19.8. The molecule has 0 amide bonds. The van der Waals surface area contributed by atoms with Crippen LogP contribution in [0.5, 0.6) is 0 Å². The molecule has 7 heteroatoms. The van der Waals surface area contributed by atoms with Gasteiger partial charge in [0.15, 0.2) is 5.71 Å². The largest absolute Gasteiger partial charge is 1.00 e. The molecule has 0 spiro atoms. The molecular weight excluding hydrogens is 1220 g/mol. The van der Waals surface area contributed by atoms with E-state index in [2.05, 4.69) is 270 Å². The number of allylic oxidation sites excluding steroid dienone is 8. The van der Waals surface area contributed by atoms with Crippen molar-refractivity contribution < 1.29 is 47.1 Å². The molecule has 4 aliphatic carbocycles. The van der Waals surface area contributed by atoms with Crippen LogP contribution in [0.1, 0.15) is 297 Å². The van der Waals surface area contributed by atoms with Crippen LogP contribution in [0.3, 0.4) is 0 Å². The van der Waals surface area contributed by atoms with E-state index in [-0.39, 0.29) is 84.0 Å². The third-order valence-electron chi connectivity index (χ3n) is 27.1. The van der Waals surface area contributed by atoms with Crippen molar-refractivity contribution in [1.82, 2.24) is 0 Å². The van der Waals surface area contributed by atoms with Crippen molar-refractivity contribution in [3.63, 3.8) is 0 Å². The fraction of sp³-hybridized carbons (Fsp3) is 0.538. The molecule has 5 nitrogen and oxygen atoms in total. The van der Waals surface area contributed by atoms with Gasteiger partial charge in [0.1, 0.15) is 6.54 Å². The third kappa shape index (κ3) is 11.4. The monoisotopic (exact) mass is 1340 g/mol. The fourth-order valence-corrected chi connectivity index (χ4v) is 23.1. The molecule has 0 unspecified atom stereocenters. The quantitative estimate of drug-likeness (QED) is 0.0170. The van der Waals surface area contributed by atoms with E-state index in [0.717, 1.165) is 95.0 Å². The van der Waals surface area contributed by atoms with E-state index in [1.165, 1.54) is 73.6 Å². The summed E-state index contributed by atoms with van der Waals surface area (Å²) in [5.74, 6) is -0.359. The van der Waals surface area contributed by atoms with Gasteiger partial charge < -0.3 is 16.4 Å². The number of rotatable bonds is 22. The SMILES string of the molecule is [CH2-]CCCN1/C(=C/C=C/C=C/C=C/C2=[N+](CCCCS(=O)(=O)[O-])c3ccc4c(-c5c6c(cc7c5C(C)(C)CC7(CC)CC)C(CC)(CC)CC6(C)C)cccc4c3C2(C)C)C(C)(C)c2c1ccc1c(-c3c4c(cc5c3C(C)(C)CC5(CC)CC)C(CC)(CC)CC4(C)C)cccc21.[Na+]. The van der Waals surface area contributed by atoms with Gasteiger partial charge in [0.05, 0.1) is 15.5 Å². The maximum absolute atomic E-state index is 12.0. The van der Waals surface area contributed by atoms with Crippen molar-refractivity contribution in [1.29, 1.82) is 0 Å². The molecule has 518 valence electrons. The maximum Gasteiger partial charge on any atom is 1.00 e.